The topological polar surface area (TPSA) is 41.1 Å². The van der Waals surface area contributed by atoms with Crippen LogP contribution in [0.3, 0.4) is 0 Å². The van der Waals surface area contributed by atoms with Gasteiger partial charge in [0.1, 0.15) is 0 Å². The van der Waals surface area contributed by atoms with Crippen LogP contribution in [-0.2, 0) is 11.2 Å². The maximum absolute atomic E-state index is 11.7. The molecule has 1 aliphatic rings. The summed E-state index contributed by atoms with van der Waals surface area (Å²) in [6.07, 6.45) is 3.52. The molecule has 1 fully saturated rings. The van der Waals surface area contributed by atoms with Gasteiger partial charge in [-0.25, -0.2) is 0 Å². The van der Waals surface area contributed by atoms with Crippen LogP contribution in [0.15, 0.2) is 18.2 Å². The van der Waals surface area contributed by atoms with E-state index >= 15 is 0 Å². The molecule has 0 aliphatic carbocycles. The van der Waals surface area contributed by atoms with Gasteiger partial charge in [-0.3, -0.25) is 4.79 Å². The van der Waals surface area contributed by atoms with E-state index in [-0.39, 0.29) is 18.3 Å². The summed E-state index contributed by atoms with van der Waals surface area (Å²) in [6, 6.07) is 5.47. The van der Waals surface area contributed by atoms with Crippen LogP contribution in [0.2, 0.25) is 10.0 Å². The van der Waals surface area contributed by atoms with Gasteiger partial charge in [-0.1, -0.05) is 23.2 Å². The molecule has 2 N–H and O–H groups in total. The van der Waals surface area contributed by atoms with Crippen LogP contribution in [0.4, 0.5) is 0 Å². The molecule has 1 aliphatic heterocycles. The molecule has 6 heteroatoms. The van der Waals surface area contributed by atoms with E-state index in [1.807, 2.05) is 12.1 Å². The third kappa shape index (κ3) is 6.88. The molecule has 3 nitrogen and oxygen atoms in total. The van der Waals surface area contributed by atoms with Crippen molar-refractivity contribution in [3.63, 3.8) is 0 Å². The van der Waals surface area contributed by atoms with Gasteiger partial charge in [0.15, 0.2) is 0 Å². The number of carbonyl (C=O) groups excluding carboxylic acids is 1. The number of rotatable bonds is 6. The van der Waals surface area contributed by atoms with E-state index in [0.717, 1.165) is 31.5 Å². The zero-order chi connectivity index (χ0) is 14.4. The number of halogens is 3. The quantitative estimate of drug-likeness (QED) is 0.824. The van der Waals surface area contributed by atoms with Crippen LogP contribution in [0.5, 0.6) is 0 Å². The van der Waals surface area contributed by atoms with Crippen molar-refractivity contribution in [3.8, 4) is 0 Å². The van der Waals surface area contributed by atoms with E-state index in [4.69, 9.17) is 23.2 Å². The summed E-state index contributed by atoms with van der Waals surface area (Å²) in [7, 11) is 0. The zero-order valence-electron chi connectivity index (χ0n) is 11.8. The van der Waals surface area contributed by atoms with Crippen LogP contribution in [0, 0.1) is 5.92 Å². The molecule has 1 saturated heterocycles. The van der Waals surface area contributed by atoms with Crippen molar-refractivity contribution in [1.82, 2.24) is 10.6 Å². The van der Waals surface area contributed by atoms with Crippen LogP contribution in [0.1, 0.15) is 24.8 Å². The predicted molar refractivity (Wildman–Crippen MR) is 90.6 cm³/mol. The van der Waals surface area contributed by atoms with E-state index in [2.05, 4.69) is 10.6 Å². The normalized spacial score (nSPS) is 17.3. The van der Waals surface area contributed by atoms with Crippen molar-refractivity contribution in [2.75, 3.05) is 19.6 Å². The Morgan fingerprint density at radius 1 is 1.29 bits per heavy atom. The van der Waals surface area contributed by atoms with Gasteiger partial charge in [0, 0.05) is 23.0 Å². The van der Waals surface area contributed by atoms with Gasteiger partial charge in [0.05, 0.1) is 0 Å². The standard InChI is InChI=1S/C15H20Cl2N2O.ClH/c16-13-7-12(8-14(17)9-13)4-6-19-15(20)2-1-11-3-5-18-10-11;/h7-9,11,18H,1-6,10H2,(H,19,20);1H. The highest BCUT2D eigenvalue weighted by molar-refractivity contribution is 6.34. The first-order chi connectivity index (χ1) is 9.63. The minimum atomic E-state index is 0. The molecule has 0 aromatic heterocycles. The maximum Gasteiger partial charge on any atom is 0.220 e. The minimum Gasteiger partial charge on any atom is -0.356 e. The zero-order valence-corrected chi connectivity index (χ0v) is 14.2. The Hall–Kier alpha value is -0.480. The lowest BCUT2D eigenvalue weighted by Gasteiger charge is -2.09. The SMILES string of the molecule is Cl.O=C(CCC1CCNC1)NCCc1cc(Cl)cc(Cl)c1. The van der Waals surface area contributed by atoms with Gasteiger partial charge in [-0.15, -0.1) is 12.4 Å². The Bertz CT molecular complexity index is 442. The summed E-state index contributed by atoms with van der Waals surface area (Å²) in [4.78, 5) is 11.7. The first-order valence-corrected chi connectivity index (χ1v) is 7.81. The van der Waals surface area contributed by atoms with Gasteiger partial charge in [0.25, 0.3) is 0 Å². The second-order valence-electron chi connectivity index (χ2n) is 5.28. The Morgan fingerprint density at radius 3 is 2.62 bits per heavy atom. The van der Waals surface area contributed by atoms with Crippen molar-refractivity contribution in [1.29, 1.82) is 0 Å². The molecule has 0 spiro atoms. The smallest absolute Gasteiger partial charge is 0.220 e. The molecule has 2 rings (SSSR count). The molecule has 21 heavy (non-hydrogen) atoms. The Labute approximate surface area is 142 Å². The van der Waals surface area contributed by atoms with Crippen molar-refractivity contribution >= 4 is 41.5 Å². The van der Waals surface area contributed by atoms with Gasteiger partial charge in [-0.2, -0.15) is 0 Å². The number of amides is 1. The average Bonchev–Trinajstić information content (AvgIpc) is 2.88. The molecule has 0 saturated carbocycles. The fourth-order valence-electron chi connectivity index (χ4n) is 2.49. The van der Waals surface area contributed by atoms with Crippen LogP contribution in [0.25, 0.3) is 0 Å². The molecule has 0 bridgehead atoms. The molecule has 1 amide bonds. The second-order valence-corrected chi connectivity index (χ2v) is 6.15. The molecule has 1 unspecified atom stereocenters. The maximum atomic E-state index is 11.7. The molecule has 0 radical (unpaired) electrons. The van der Waals surface area contributed by atoms with Gasteiger partial charge >= 0.3 is 0 Å². The van der Waals surface area contributed by atoms with E-state index in [0.29, 0.717) is 28.9 Å². The minimum absolute atomic E-state index is 0. The predicted octanol–water partition coefficient (Wildman–Crippen LogP) is 3.46. The van der Waals surface area contributed by atoms with Crippen LogP contribution >= 0.6 is 35.6 Å². The van der Waals surface area contributed by atoms with E-state index < -0.39 is 0 Å². The summed E-state index contributed by atoms with van der Waals surface area (Å²) >= 11 is 11.9. The molecule has 1 atom stereocenters. The summed E-state index contributed by atoms with van der Waals surface area (Å²) in [5.41, 5.74) is 1.04. The lowest BCUT2D eigenvalue weighted by atomic mass is 10.0. The molecular formula is C15H21Cl3N2O. The van der Waals surface area contributed by atoms with Crippen molar-refractivity contribution in [3.05, 3.63) is 33.8 Å². The lowest BCUT2D eigenvalue weighted by Crippen LogP contribution is -2.26. The number of hydrogen-bond acceptors (Lipinski definition) is 2. The number of carbonyl (C=O) groups is 1. The highest BCUT2D eigenvalue weighted by Crippen LogP contribution is 2.19. The number of benzene rings is 1. The van der Waals surface area contributed by atoms with Gasteiger partial charge in [0.2, 0.25) is 5.91 Å². The van der Waals surface area contributed by atoms with E-state index in [1.165, 1.54) is 6.42 Å². The van der Waals surface area contributed by atoms with E-state index in [9.17, 15) is 4.79 Å². The summed E-state index contributed by atoms with van der Waals surface area (Å²) in [5.74, 6) is 0.789. The van der Waals surface area contributed by atoms with Crippen molar-refractivity contribution in [2.45, 2.75) is 25.7 Å². The monoisotopic (exact) mass is 350 g/mol. The fourth-order valence-corrected chi connectivity index (χ4v) is 3.06. The van der Waals surface area contributed by atoms with Crippen molar-refractivity contribution < 1.29 is 4.79 Å². The second kappa shape index (κ2) is 9.52. The summed E-state index contributed by atoms with van der Waals surface area (Å²) in [6.45, 7) is 2.76. The largest absolute Gasteiger partial charge is 0.356 e. The Morgan fingerprint density at radius 2 is 2.00 bits per heavy atom. The molecule has 1 aromatic carbocycles. The first-order valence-electron chi connectivity index (χ1n) is 7.06. The fraction of sp³-hybridized carbons (Fsp3) is 0.533. The molecule has 1 heterocycles. The molecule has 118 valence electrons. The highest BCUT2D eigenvalue weighted by Gasteiger charge is 2.15. The molecular weight excluding hydrogens is 331 g/mol. The highest BCUT2D eigenvalue weighted by atomic mass is 35.5. The summed E-state index contributed by atoms with van der Waals surface area (Å²) in [5, 5.41) is 7.53. The van der Waals surface area contributed by atoms with Gasteiger partial charge in [-0.05, 0) is 62.0 Å². The Kier molecular flexibility index (Phi) is 8.42. The van der Waals surface area contributed by atoms with Gasteiger partial charge < -0.3 is 10.6 Å². The summed E-state index contributed by atoms with van der Waals surface area (Å²) < 4.78 is 0. The average molecular weight is 352 g/mol. The van der Waals surface area contributed by atoms with E-state index in [1.54, 1.807) is 6.07 Å². The Balaban J connectivity index is 0.00000220. The first kappa shape index (κ1) is 18.6. The number of hydrogen-bond donors (Lipinski definition) is 2. The third-order valence-corrected chi connectivity index (χ3v) is 4.04. The third-order valence-electron chi connectivity index (χ3n) is 3.60. The van der Waals surface area contributed by atoms with Crippen LogP contribution in [-0.4, -0.2) is 25.5 Å². The van der Waals surface area contributed by atoms with Crippen LogP contribution < -0.4 is 10.6 Å². The number of nitrogens with one attached hydrogen (secondary N) is 2. The lowest BCUT2D eigenvalue weighted by molar-refractivity contribution is -0.121. The molecule has 1 aromatic rings. The van der Waals surface area contributed by atoms with Crippen molar-refractivity contribution in [2.24, 2.45) is 5.92 Å².